The topological polar surface area (TPSA) is 32.3 Å². The predicted octanol–water partition coefficient (Wildman–Crippen LogP) is 15.9. The largest absolute Gasteiger partial charge is 0.310 e. The van der Waals surface area contributed by atoms with E-state index >= 15 is 0 Å². The van der Waals surface area contributed by atoms with E-state index in [1.54, 1.807) is 0 Å². The molecule has 0 unspecified atom stereocenters. The molecule has 9 aromatic carbocycles. The van der Waals surface area contributed by atoms with E-state index in [1.807, 2.05) is 12.2 Å². The molecule has 0 atom stereocenters. The SMILES string of the molecule is C=C/C=C\C(=C/C)N(c1ccc2nc3ccc(N(c4ccc(C)cc4)c4ccc5c6c(cccc46)-c4ccccc4-5)cc3nc2c1)c1ccc2c3c(cccc13)-c1ccccc1-2. The second-order valence-corrected chi connectivity index (χ2v) is 16.2. The Balaban J connectivity index is 1.02. The van der Waals surface area contributed by atoms with Gasteiger partial charge in [-0.2, -0.15) is 0 Å². The first-order valence-electron chi connectivity index (χ1n) is 21.2. The van der Waals surface area contributed by atoms with Gasteiger partial charge in [0.05, 0.1) is 33.4 Å². The highest BCUT2D eigenvalue weighted by Crippen LogP contribution is 2.52. The van der Waals surface area contributed by atoms with E-state index in [2.05, 4.69) is 212 Å². The standard InChI is InChI=1S/C58H40N4/c1-4-6-13-37(5-2)61(55-32-28-47-43-16-9-7-14-41(43)45-18-11-20-49(55)57(45)47)39-26-30-51-53(34-39)60-54-35-40(27-31-52(54)59-51)62(38-24-22-36(3)23-25-38)56-33-29-48-44-17-10-8-15-42(44)46-19-12-21-50(56)58(46)48/h4-35H,1H2,2-3H3/b13-6-,37-5+. The van der Waals surface area contributed by atoms with Crippen LogP contribution in [-0.2, 0) is 0 Å². The molecule has 10 aromatic rings. The minimum absolute atomic E-state index is 0.823. The number of fused-ring (bicyclic) bond motifs is 8. The maximum atomic E-state index is 5.39. The van der Waals surface area contributed by atoms with E-state index in [4.69, 9.17) is 9.97 Å². The first-order chi connectivity index (χ1) is 30.6. The Morgan fingerprint density at radius 1 is 0.468 bits per heavy atom. The van der Waals surface area contributed by atoms with Crippen molar-refractivity contribution in [3.63, 3.8) is 0 Å². The van der Waals surface area contributed by atoms with Crippen LogP contribution in [0.15, 0.2) is 206 Å². The predicted molar refractivity (Wildman–Crippen MR) is 262 cm³/mol. The molecule has 0 aliphatic heterocycles. The van der Waals surface area contributed by atoms with Crippen LogP contribution in [0.5, 0.6) is 0 Å². The number of aromatic nitrogens is 2. The summed E-state index contributed by atoms with van der Waals surface area (Å²) in [6, 6.07) is 61.6. The highest BCUT2D eigenvalue weighted by Gasteiger charge is 2.27. The molecule has 0 saturated heterocycles. The molecule has 0 fully saturated rings. The Labute approximate surface area is 360 Å². The van der Waals surface area contributed by atoms with E-state index < -0.39 is 0 Å². The van der Waals surface area contributed by atoms with Crippen LogP contribution in [-0.4, -0.2) is 9.97 Å². The quantitative estimate of drug-likeness (QED) is 0.113. The Kier molecular flexibility index (Phi) is 8.09. The summed E-state index contributed by atoms with van der Waals surface area (Å²) in [6.45, 7) is 8.21. The van der Waals surface area contributed by atoms with Gasteiger partial charge in [-0.05, 0) is 136 Å². The van der Waals surface area contributed by atoms with Crippen LogP contribution in [0, 0.1) is 6.92 Å². The summed E-state index contributed by atoms with van der Waals surface area (Å²) >= 11 is 0. The van der Waals surface area contributed by atoms with Gasteiger partial charge in [-0.1, -0.05) is 140 Å². The van der Waals surface area contributed by atoms with E-state index in [0.29, 0.717) is 0 Å². The normalized spacial score (nSPS) is 12.5. The van der Waals surface area contributed by atoms with Crippen molar-refractivity contribution in [3.05, 3.63) is 212 Å². The number of hydrogen-bond donors (Lipinski definition) is 0. The highest BCUT2D eigenvalue weighted by molar-refractivity contribution is 6.20. The Morgan fingerprint density at radius 2 is 0.952 bits per heavy atom. The van der Waals surface area contributed by atoms with E-state index in [9.17, 15) is 0 Å². The van der Waals surface area contributed by atoms with E-state index in [0.717, 1.165) is 56.2 Å². The van der Waals surface area contributed by atoms with Crippen molar-refractivity contribution in [1.29, 1.82) is 0 Å². The molecule has 4 heteroatoms. The average Bonchev–Trinajstić information content (AvgIpc) is 3.83. The van der Waals surface area contributed by atoms with Crippen molar-refractivity contribution >= 4 is 72.0 Å². The van der Waals surface area contributed by atoms with Crippen molar-refractivity contribution in [2.24, 2.45) is 0 Å². The lowest BCUT2D eigenvalue weighted by atomic mass is 10.00. The van der Waals surface area contributed by atoms with E-state index in [1.165, 1.54) is 71.6 Å². The molecular formula is C58H40N4. The average molecular weight is 793 g/mol. The fraction of sp³-hybridized carbons (Fsp3) is 0.0345. The molecule has 4 nitrogen and oxygen atoms in total. The van der Waals surface area contributed by atoms with Crippen LogP contribution in [0.2, 0.25) is 0 Å². The number of nitrogens with zero attached hydrogens (tertiary/aromatic N) is 4. The third kappa shape index (κ3) is 5.40. The maximum Gasteiger partial charge on any atom is 0.0915 e. The fourth-order valence-electron chi connectivity index (χ4n) is 9.92. The van der Waals surface area contributed by atoms with E-state index in [-0.39, 0.29) is 0 Å². The number of allylic oxidation sites excluding steroid dienone is 4. The van der Waals surface area contributed by atoms with Crippen LogP contribution in [0.4, 0.5) is 28.4 Å². The zero-order valence-corrected chi connectivity index (χ0v) is 34.5. The van der Waals surface area contributed by atoms with Gasteiger partial charge in [0.15, 0.2) is 0 Å². The molecule has 0 saturated carbocycles. The van der Waals surface area contributed by atoms with Crippen molar-refractivity contribution in [3.8, 4) is 44.5 Å². The van der Waals surface area contributed by atoms with Crippen LogP contribution in [0.1, 0.15) is 12.5 Å². The lowest BCUT2D eigenvalue weighted by Gasteiger charge is -2.28. The maximum absolute atomic E-state index is 5.39. The third-order valence-corrected chi connectivity index (χ3v) is 12.7. The Morgan fingerprint density at radius 3 is 1.53 bits per heavy atom. The van der Waals surface area contributed by atoms with Gasteiger partial charge in [0, 0.05) is 33.5 Å². The van der Waals surface area contributed by atoms with Crippen LogP contribution < -0.4 is 9.80 Å². The summed E-state index contributed by atoms with van der Waals surface area (Å²) in [7, 11) is 0. The van der Waals surface area contributed by atoms with Crippen molar-refractivity contribution < 1.29 is 0 Å². The van der Waals surface area contributed by atoms with Gasteiger partial charge in [-0.25, -0.2) is 9.97 Å². The van der Waals surface area contributed by atoms with Crippen LogP contribution in [0.25, 0.3) is 88.1 Å². The Hall–Kier alpha value is -8.08. The van der Waals surface area contributed by atoms with Gasteiger partial charge in [-0.3, -0.25) is 0 Å². The van der Waals surface area contributed by atoms with Gasteiger partial charge >= 0.3 is 0 Å². The molecule has 292 valence electrons. The molecule has 0 N–H and O–H groups in total. The van der Waals surface area contributed by atoms with Gasteiger partial charge in [0.25, 0.3) is 0 Å². The number of hydrogen-bond acceptors (Lipinski definition) is 4. The van der Waals surface area contributed by atoms with Gasteiger partial charge in [0.1, 0.15) is 0 Å². The molecule has 0 bridgehead atoms. The van der Waals surface area contributed by atoms with Crippen molar-refractivity contribution in [1.82, 2.24) is 9.97 Å². The summed E-state index contributed by atoms with van der Waals surface area (Å²) in [6.07, 6.45) is 8.09. The molecule has 0 amide bonds. The number of aryl methyl sites for hydroxylation is 1. The molecular weight excluding hydrogens is 753 g/mol. The summed E-state index contributed by atoms with van der Waals surface area (Å²) in [5.41, 5.74) is 21.1. The molecule has 12 rings (SSSR count). The lowest BCUT2D eigenvalue weighted by molar-refractivity contribution is 1.21. The fourth-order valence-corrected chi connectivity index (χ4v) is 9.92. The van der Waals surface area contributed by atoms with Crippen molar-refractivity contribution in [2.75, 3.05) is 9.80 Å². The molecule has 0 spiro atoms. The van der Waals surface area contributed by atoms with Gasteiger partial charge < -0.3 is 9.80 Å². The zero-order chi connectivity index (χ0) is 41.5. The summed E-state index contributed by atoms with van der Waals surface area (Å²) in [4.78, 5) is 15.3. The first kappa shape index (κ1) is 35.8. The summed E-state index contributed by atoms with van der Waals surface area (Å²) in [5.74, 6) is 0. The zero-order valence-electron chi connectivity index (χ0n) is 34.5. The minimum Gasteiger partial charge on any atom is -0.310 e. The highest BCUT2D eigenvalue weighted by atomic mass is 15.2. The van der Waals surface area contributed by atoms with Gasteiger partial charge in [0.2, 0.25) is 0 Å². The molecule has 62 heavy (non-hydrogen) atoms. The number of benzene rings is 9. The van der Waals surface area contributed by atoms with Crippen LogP contribution in [0.3, 0.4) is 0 Å². The van der Waals surface area contributed by atoms with Crippen molar-refractivity contribution in [2.45, 2.75) is 13.8 Å². The third-order valence-electron chi connectivity index (χ3n) is 12.7. The second-order valence-electron chi connectivity index (χ2n) is 16.2. The molecule has 1 heterocycles. The monoisotopic (exact) mass is 792 g/mol. The molecule has 2 aliphatic carbocycles. The van der Waals surface area contributed by atoms with Gasteiger partial charge in [-0.15, -0.1) is 0 Å². The number of rotatable bonds is 8. The lowest BCUT2D eigenvalue weighted by Crippen LogP contribution is -2.15. The van der Waals surface area contributed by atoms with Crippen LogP contribution >= 0.6 is 0 Å². The Bertz CT molecular complexity index is 3520. The molecule has 1 aromatic heterocycles. The minimum atomic E-state index is 0.823. The summed E-state index contributed by atoms with van der Waals surface area (Å²) < 4.78 is 0. The molecule has 2 aliphatic rings. The first-order valence-corrected chi connectivity index (χ1v) is 21.2. The molecule has 0 radical (unpaired) electrons. The smallest absolute Gasteiger partial charge is 0.0915 e. The second kappa shape index (κ2) is 14.0. The summed E-state index contributed by atoms with van der Waals surface area (Å²) in [5, 5.41) is 4.98. The number of anilines is 5.